The van der Waals surface area contributed by atoms with Gasteiger partial charge in [-0.1, -0.05) is 11.9 Å². The summed E-state index contributed by atoms with van der Waals surface area (Å²) in [6, 6.07) is -3.50. The van der Waals surface area contributed by atoms with E-state index < -0.39 is 42.4 Å². The molecule has 6 N–H and O–H groups in total. The molecule has 138 valence electrons. The van der Waals surface area contributed by atoms with Gasteiger partial charge in [-0.25, -0.2) is 14.4 Å². The summed E-state index contributed by atoms with van der Waals surface area (Å²) in [7, 11) is 0. The summed E-state index contributed by atoms with van der Waals surface area (Å²) < 4.78 is 3.01. The first kappa shape index (κ1) is 22.0. The molecule has 0 saturated carbocycles. The van der Waals surface area contributed by atoms with E-state index in [-0.39, 0.29) is 12.8 Å². The van der Waals surface area contributed by atoms with E-state index in [0.29, 0.717) is 13.0 Å². The Bertz CT molecular complexity index is 447. The van der Waals surface area contributed by atoms with Gasteiger partial charge in [-0.2, -0.15) is 0 Å². The molecular formula is C13H23N3O7S. The molecule has 0 aromatic heterocycles. The second-order valence-corrected chi connectivity index (χ2v) is 5.62. The van der Waals surface area contributed by atoms with Crippen molar-refractivity contribution in [1.29, 1.82) is 0 Å². The molecule has 11 heteroatoms. The fourth-order valence-corrected chi connectivity index (χ4v) is 2.14. The van der Waals surface area contributed by atoms with Gasteiger partial charge in [-0.3, -0.25) is 9.52 Å². The number of hydrogen-bond acceptors (Lipinski definition) is 6. The number of aliphatic carboxylic acids is 3. The van der Waals surface area contributed by atoms with Crippen LogP contribution in [0.1, 0.15) is 32.1 Å². The van der Waals surface area contributed by atoms with Gasteiger partial charge in [0, 0.05) is 13.0 Å². The number of carboxylic acid groups (broad SMARTS) is 3. The SMILES string of the molecule is CSNCCCCC(NC(=O)N[C@@H](CCC(=O)O)C(=O)O)C(=O)O. The maximum atomic E-state index is 11.7. The largest absolute Gasteiger partial charge is 0.481 e. The van der Waals surface area contributed by atoms with Crippen LogP contribution in [0.25, 0.3) is 0 Å². The van der Waals surface area contributed by atoms with Gasteiger partial charge >= 0.3 is 23.9 Å². The Morgan fingerprint density at radius 3 is 1.92 bits per heavy atom. The van der Waals surface area contributed by atoms with Crippen molar-refractivity contribution in [2.24, 2.45) is 0 Å². The fourth-order valence-electron chi connectivity index (χ4n) is 1.79. The van der Waals surface area contributed by atoms with Gasteiger partial charge in [0.1, 0.15) is 12.1 Å². The average molecular weight is 365 g/mol. The van der Waals surface area contributed by atoms with Crippen molar-refractivity contribution in [1.82, 2.24) is 15.4 Å². The number of carbonyl (C=O) groups is 4. The lowest BCUT2D eigenvalue weighted by Gasteiger charge is -2.18. The molecular weight excluding hydrogens is 342 g/mol. The summed E-state index contributed by atoms with van der Waals surface area (Å²) in [6.07, 6.45) is 2.63. The molecule has 0 rings (SSSR count). The van der Waals surface area contributed by atoms with Crippen LogP contribution in [0.5, 0.6) is 0 Å². The lowest BCUT2D eigenvalue weighted by atomic mass is 10.1. The van der Waals surface area contributed by atoms with Crippen LogP contribution in [0.4, 0.5) is 4.79 Å². The van der Waals surface area contributed by atoms with E-state index in [4.69, 9.17) is 15.3 Å². The molecule has 0 spiro atoms. The number of carbonyl (C=O) groups excluding carboxylic acids is 1. The molecule has 2 amide bonds. The Morgan fingerprint density at radius 2 is 1.46 bits per heavy atom. The topological polar surface area (TPSA) is 165 Å². The normalized spacial score (nSPS) is 12.9. The van der Waals surface area contributed by atoms with Gasteiger partial charge in [0.2, 0.25) is 0 Å². The number of unbranched alkanes of at least 4 members (excludes halogenated alkanes) is 1. The maximum Gasteiger partial charge on any atom is 0.326 e. The summed E-state index contributed by atoms with van der Waals surface area (Å²) >= 11 is 1.45. The Hall–Kier alpha value is -2.01. The summed E-state index contributed by atoms with van der Waals surface area (Å²) in [6.45, 7) is 0.704. The van der Waals surface area contributed by atoms with Crippen LogP contribution < -0.4 is 15.4 Å². The molecule has 10 nitrogen and oxygen atoms in total. The van der Waals surface area contributed by atoms with Crippen molar-refractivity contribution in [3.8, 4) is 0 Å². The van der Waals surface area contributed by atoms with E-state index >= 15 is 0 Å². The van der Waals surface area contributed by atoms with Gasteiger partial charge < -0.3 is 26.0 Å². The molecule has 0 radical (unpaired) electrons. The Morgan fingerprint density at radius 1 is 0.917 bits per heavy atom. The van der Waals surface area contributed by atoms with Crippen LogP contribution in [0.2, 0.25) is 0 Å². The van der Waals surface area contributed by atoms with Crippen molar-refractivity contribution >= 4 is 35.9 Å². The second kappa shape index (κ2) is 12.4. The molecule has 24 heavy (non-hydrogen) atoms. The van der Waals surface area contributed by atoms with E-state index in [0.717, 1.165) is 6.42 Å². The van der Waals surface area contributed by atoms with E-state index in [1.165, 1.54) is 11.9 Å². The number of rotatable bonds is 13. The smallest absolute Gasteiger partial charge is 0.326 e. The summed E-state index contributed by atoms with van der Waals surface area (Å²) in [5.74, 6) is -3.80. The minimum absolute atomic E-state index is 0.200. The lowest BCUT2D eigenvalue weighted by molar-refractivity contribution is -0.140. The molecule has 0 aliphatic heterocycles. The minimum atomic E-state index is -1.40. The summed E-state index contributed by atoms with van der Waals surface area (Å²) in [5, 5.41) is 30.8. The van der Waals surface area contributed by atoms with Crippen LogP contribution >= 0.6 is 11.9 Å². The van der Waals surface area contributed by atoms with Crippen molar-refractivity contribution in [2.75, 3.05) is 12.8 Å². The van der Waals surface area contributed by atoms with Crippen LogP contribution in [-0.4, -0.2) is 64.1 Å². The van der Waals surface area contributed by atoms with Gasteiger partial charge in [-0.15, -0.1) is 0 Å². The first-order chi connectivity index (χ1) is 11.3. The number of urea groups is 1. The molecule has 0 fully saturated rings. The Labute approximate surface area is 143 Å². The van der Waals surface area contributed by atoms with Crippen LogP contribution in [-0.2, 0) is 14.4 Å². The van der Waals surface area contributed by atoms with Crippen LogP contribution in [0, 0.1) is 0 Å². The van der Waals surface area contributed by atoms with Crippen molar-refractivity contribution < 1.29 is 34.5 Å². The number of nitrogens with one attached hydrogen (secondary N) is 3. The molecule has 1 unspecified atom stereocenters. The quantitative estimate of drug-likeness (QED) is 0.196. The zero-order chi connectivity index (χ0) is 18.5. The zero-order valence-electron chi connectivity index (χ0n) is 13.3. The number of hydrogen-bond donors (Lipinski definition) is 6. The Balaban J connectivity index is 4.40. The minimum Gasteiger partial charge on any atom is -0.481 e. The highest BCUT2D eigenvalue weighted by Crippen LogP contribution is 2.03. The lowest BCUT2D eigenvalue weighted by Crippen LogP contribution is -2.51. The van der Waals surface area contributed by atoms with Gasteiger partial charge in [0.05, 0.1) is 0 Å². The molecule has 0 heterocycles. The van der Waals surface area contributed by atoms with Gasteiger partial charge in [-0.05, 0) is 31.9 Å². The monoisotopic (exact) mass is 365 g/mol. The van der Waals surface area contributed by atoms with Gasteiger partial charge in [0.15, 0.2) is 0 Å². The maximum absolute atomic E-state index is 11.7. The summed E-state index contributed by atoms with van der Waals surface area (Å²) in [5.41, 5.74) is 0. The highest BCUT2D eigenvalue weighted by molar-refractivity contribution is 7.96. The zero-order valence-corrected chi connectivity index (χ0v) is 14.1. The van der Waals surface area contributed by atoms with Crippen molar-refractivity contribution in [3.05, 3.63) is 0 Å². The molecule has 2 atom stereocenters. The predicted molar refractivity (Wildman–Crippen MR) is 86.8 cm³/mol. The van der Waals surface area contributed by atoms with Crippen molar-refractivity contribution in [3.63, 3.8) is 0 Å². The number of carboxylic acids is 3. The molecule has 0 bridgehead atoms. The van der Waals surface area contributed by atoms with Gasteiger partial charge in [0.25, 0.3) is 0 Å². The van der Waals surface area contributed by atoms with E-state index in [1.807, 2.05) is 6.26 Å². The van der Waals surface area contributed by atoms with Crippen molar-refractivity contribution in [2.45, 2.75) is 44.2 Å². The van der Waals surface area contributed by atoms with Crippen LogP contribution in [0.3, 0.4) is 0 Å². The highest BCUT2D eigenvalue weighted by Gasteiger charge is 2.24. The molecule has 0 aliphatic rings. The van der Waals surface area contributed by atoms with E-state index in [9.17, 15) is 19.2 Å². The fraction of sp³-hybridized carbons (Fsp3) is 0.692. The van der Waals surface area contributed by atoms with E-state index in [1.54, 1.807) is 0 Å². The highest BCUT2D eigenvalue weighted by atomic mass is 32.2. The standard InChI is InChI=1S/C13H23N3O7S/c1-24-14-7-3-2-4-8(11(19)20)15-13(23)16-9(12(21)22)5-6-10(17)18/h8-9,14H,2-7H2,1H3,(H,17,18)(H,19,20)(H,21,22)(H2,15,16,23)/t8?,9-/m0/s1. The Kier molecular flexibility index (Phi) is 11.4. The predicted octanol–water partition coefficient (Wildman–Crippen LogP) is 0.0947. The average Bonchev–Trinajstić information content (AvgIpc) is 2.49. The van der Waals surface area contributed by atoms with Crippen LogP contribution in [0.15, 0.2) is 0 Å². The molecule has 0 aromatic rings. The first-order valence-corrected chi connectivity index (χ1v) is 8.50. The third-order valence-corrected chi connectivity index (χ3v) is 3.51. The third-order valence-electron chi connectivity index (χ3n) is 3.02. The van der Waals surface area contributed by atoms with E-state index in [2.05, 4.69) is 15.4 Å². The summed E-state index contributed by atoms with van der Waals surface area (Å²) in [4.78, 5) is 44.3. The first-order valence-electron chi connectivity index (χ1n) is 7.28. The molecule has 0 saturated heterocycles. The molecule has 0 aliphatic carbocycles. The second-order valence-electron chi connectivity index (χ2n) is 4.93. The number of amides is 2. The molecule has 0 aromatic carbocycles. The third kappa shape index (κ3) is 10.7.